The molecule has 1 aromatic carbocycles. The number of nitrogens with zero attached hydrogens (tertiary/aromatic N) is 1. The van der Waals surface area contributed by atoms with Gasteiger partial charge < -0.3 is 5.43 Å². The summed E-state index contributed by atoms with van der Waals surface area (Å²) in [6.07, 6.45) is 2.06. The van der Waals surface area contributed by atoms with Crippen molar-refractivity contribution in [3.05, 3.63) is 35.9 Å². The van der Waals surface area contributed by atoms with Gasteiger partial charge in [0.25, 0.3) is 0 Å². The van der Waals surface area contributed by atoms with Gasteiger partial charge in [0.1, 0.15) is 0 Å². The lowest BCUT2D eigenvalue weighted by Gasteiger charge is -2.18. The molecule has 2 heteroatoms. The fourth-order valence-corrected chi connectivity index (χ4v) is 1.29. The number of nitrogens with one attached hydrogen (secondary N) is 1. The third kappa shape index (κ3) is 5.54. The molecule has 2 nitrogen and oxygen atoms in total. The largest absolute Gasteiger partial charge is 0.305 e. The highest BCUT2D eigenvalue weighted by Gasteiger charge is 2.06. The van der Waals surface area contributed by atoms with E-state index in [4.69, 9.17) is 0 Å². The maximum Gasteiger partial charge on any atom is 0.0464 e. The van der Waals surface area contributed by atoms with Gasteiger partial charge in [0.2, 0.25) is 0 Å². The Bertz CT molecular complexity index is 334. The molecule has 0 atom stereocenters. The quantitative estimate of drug-likeness (QED) is 0.608. The second-order valence-corrected chi connectivity index (χ2v) is 5.19. The molecule has 0 spiro atoms. The van der Waals surface area contributed by atoms with E-state index >= 15 is 0 Å². The van der Waals surface area contributed by atoms with Crippen LogP contribution in [0.4, 0.5) is 0 Å². The molecule has 88 valence electrons. The summed E-state index contributed by atoms with van der Waals surface area (Å²) in [7, 11) is 0. The van der Waals surface area contributed by atoms with Crippen LogP contribution < -0.4 is 5.43 Å². The summed E-state index contributed by atoms with van der Waals surface area (Å²) in [5.74, 6) is 0. The van der Waals surface area contributed by atoms with Gasteiger partial charge in [-0.05, 0) is 46.1 Å². The van der Waals surface area contributed by atoms with Crippen molar-refractivity contribution in [3.8, 4) is 0 Å². The summed E-state index contributed by atoms with van der Waals surface area (Å²) in [5, 5.41) is 4.38. The molecule has 1 rings (SSSR count). The van der Waals surface area contributed by atoms with Crippen LogP contribution in [0.15, 0.2) is 35.4 Å². The molecule has 0 fully saturated rings. The van der Waals surface area contributed by atoms with Crippen molar-refractivity contribution in [2.24, 2.45) is 5.10 Å². The number of hydrazone groups is 1. The summed E-state index contributed by atoms with van der Waals surface area (Å²) in [6, 6.07) is 10.5. The number of benzene rings is 1. The van der Waals surface area contributed by atoms with E-state index in [0.717, 1.165) is 18.6 Å². The van der Waals surface area contributed by atoms with Crippen LogP contribution in [0, 0.1) is 0 Å². The zero-order chi connectivity index (χ0) is 12.0. The molecule has 0 radical (unpaired) electrons. The maximum absolute atomic E-state index is 4.38. The molecular formula is C14H22N2. The molecule has 0 amide bonds. The van der Waals surface area contributed by atoms with Crippen LogP contribution >= 0.6 is 0 Å². The summed E-state index contributed by atoms with van der Waals surface area (Å²) in [4.78, 5) is 0. The second kappa shape index (κ2) is 5.69. The highest BCUT2D eigenvalue weighted by molar-refractivity contribution is 5.81. The zero-order valence-corrected chi connectivity index (χ0v) is 10.7. The lowest BCUT2D eigenvalue weighted by atomic mass is 10.1. The molecule has 0 saturated heterocycles. The Labute approximate surface area is 98.8 Å². The van der Waals surface area contributed by atoms with Crippen LogP contribution in [-0.2, 0) is 6.42 Å². The van der Waals surface area contributed by atoms with E-state index in [1.54, 1.807) is 0 Å². The van der Waals surface area contributed by atoms with Gasteiger partial charge >= 0.3 is 0 Å². The Morgan fingerprint density at radius 3 is 2.38 bits per heavy atom. The molecular weight excluding hydrogens is 196 g/mol. The normalized spacial score (nSPS) is 12.6. The Hall–Kier alpha value is -1.31. The van der Waals surface area contributed by atoms with Crippen molar-refractivity contribution in [1.29, 1.82) is 0 Å². The Morgan fingerprint density at radius 2 is 1.81 bits per heavy atom. The third-order valence-electron chi connectivity index (χ3n) is 2.20. The SMILES string of the molecule is C/C(CCc1ccccc1)=N\NC(C)(C)C. The molecule has 1 aromatic rings. The first kappa shape index (κ1) is 12.8. The van der Waals surface area contributed by atoms with Crippen molar-refractivity contribution >= 4 is 5.71 Å². The Kier molecular flexibility index (Phi) is 4.53. The fraction of sp³-hybridized carbons (Fsp3) is 0.500. The average Bonchev–Trinajstić information content (AvgIpc) is 2.24. The topological polar surface area (TPSA) is 24.4 Å². The van der Waals surface area contributed by atoms with E-state index in [2.05, 4.69) is 62.5 Å². The summed E-state index contributed by atoms with van der Waals surface area (Å²) >= 11 is 0. The Morgan fingerprint density at radius 1 is 1.19 bits per heavy atom. The van der Waals surface area contributed by atoms with E-state index in [1.807, 2.05) is 6.07 Å². The molecule has 0 aliphatic carbocycles. The highest BCUT2D eigenvalue weighted by atomic mass is 15.3. The van der Waals surface area contributed by atoms with Crippen LogP contribution in [0.3, 0.4) is 0 Å². The number of aryl methyl sites for hydroxylation is 1. The molecule has 0 aliphatic heterocycles. The lowest BCUT2D eigenvalue weighted by molar-refractivity contribution is 0.440. The molecule has 0 aliphatic rings. The summed E-state index contributed by atoms with van der Waals surface area (Å²) < 4.78 is 0. The van der Waals surface area contributed by atoms with Crippen LogP contribution in [0.2, 0.25) is 0 Å². The predicted molar refractivity (Wildman–Crippen MR) is 70.8 cm³/mol. The monoisotopic (exact) mass is 218 g/mol. The number of hydrogen-bond donors (Lipinski definition) is 1. The van der Waals surface area contributed by atoms with Crippen molar-refractivity contribution in [3.63, 3.8) is 0 Å². The van der Waals surface area contributed by atoms with E-state index in [1.165, 1.54) is 5.56 Å². The van der Waals surface area contributed by atoms with Gasteiger partial charge in [-0.3, -0.25) is 0 Å². The molecule has 0 heterocycles. The van der Waals surface area contributed by atoms with Crippen molar-refractivity contribution in [2.75, 3.05) is 0 Å². The smallest absolute Gasteiger partial charge is 0.0464 e. The minimum Gasteiger partial charge on any atom is -0.305 e. The molecule has 16 heavy (non-hydrogen) atoms. The van der Waals surface area contributed by atoms with Gasteiger partial charge in [-0.2, -0.15) is 5.10 Å². The van der Waals surface area contributed by atoms with Crippen LogP contribution in [-0.4, -0.2) is 11.3 Å². The number of hydrogen-bond acceptors (Lipinski definition) is 2. The maximum atomic E-state index is 4.38. The third-order valence-corrected chi connectivity index (χ3v) is 2.20. The molecule has 0 bridgehead atoms. The first-order valence-corrected chi connectivity index (χ1v) is 5.82. The van der Waals surface area contributed by atoms with E-state index in [0.29, 0.717) is 0 Å². The van der Waals surface area contributed by atoms with Gasteiger partial charge in [-0.15, -0.1) is 0 Å². The number of rotatable bonds is 4. The van der Waals surface area contributed by atoms with Gasteiger partial charge in [-0.1, -0.05) is 30.3 Å². The van der Waals surface area contributed by atoms with E-state index < -0.39 is 0 Å². The fourth-order valence-electron chi connectivity index (χ4n) is 1.29. The van der Waals surface area contributed by atoms with Crippen molar-refractivity contribution < 1.29 is 0 Å². The molecule has 0 saturated carbocycles. The minimum atomic E-state index is 0.0496. The average molecular weight is 218 g/mol. The van der Waals surface area contributed by atoms with Gasteiger partial charge in [0.05, 0.1) is 0 Å². The van der Waals surface area contributed by atoms with Crippen LogP contribution in [0.25, 0.3) is 0 Å². The van der Waals surface area contributed by atoms with Crippen molar-refractivity contribution in [1.82, 2.24) is 5.43 Å². The Balaban J connectivity index is 2.38. The summed E-state index contributed by atoms with van der Waals surface area (Å²) in [6.45, 7) is 8.41. The predicted octanol–water partition coefficient (Wildman–Crippen LogP) is 3.38. The first-order valence-electron chi connectivity index (χ1n) is 5.82. The van der Waals surface area contributed by atoms with Crippen LogP contribution in [0.5, 0.6) is 0 Å². The van der Waals surface area contributed by atoms with Gasteiger partial charge in [-0.25, -0.2) is 0 Å². The second-order valence-electron chi connectivity index (χ2n) is 5.19. The lowest BCUT2D eigenvalue weighted by Crippen LogP contribution is -2.32. The van der Waals surface area contributed by atoms with Gasteiger partial charge in [0.15, 0.2) is 0 Å². The van der Waals surface area contributed by atoms with Crippen molar-refractivity contribution in [2.45, 2.75) is 46.1 Å². The highest BCUT2D eigenvalue weighted by Crippen LogP contribution is 2.04. The molecule has 1 N–H and O–H groups in total. The first-order chi connectivity index (χ1) is 7.47. The summed E-state index contributed by atoms with van der Waals surface area (Å²) in [5.41, 5.74) is 5.72. The van der Waals surface area contributed by atoms with E-state index in [9.17, 15) is 0 Å². The van der Waals surface area contributed by atoms with Gasteiger partial charge in [0, 0.05) is 11.3 Å². The van der Waals surface area contributed by atoms with Crippen LogP contribution in [0.1, 0.15) is 39.7 Å². The molecule has 0 aromatic heterocycles. The molecule has 0 unspecified atom stereocenters. The zero-order valence-electron chi connectivity index (χ0n) is 10.7. The van der Waals surface area contributed by atoms with E-state index in [-0.39, 0.29) is 5.54 Å². The minimum absolute atomic E-state index is 0.0496. The standard InChI is InChI=1S/C14H22N2/c1-12(15-16-14(2,3)4)10-11-13-8-6-5-7-9-13/h5-9,16H,10-11H2,1-4H3/b15-12+.